The Labute approximate surface area is 147 Å². The monoisotopic (exact) mass is 360 g/mol. The molecule has 0 saturated carbocycles. The van der Waals surface area contributed by atoms with Crippen LogP contribution in [0.15, 0.2) is 54.6 Å². The summed E-state index contributed by atoms with van der Waals surface area (Å²) < 4.78 is 23.7. The van der Waals surface area contributed by atoms with Crippen molar-refractivity contribution in [2.45, 2.75) is 25.6 Å². The minimum atomic E-state index is -2.97. The molecule has 1 aliphatic heterocycles. The molecule has 1 fully saturated rings. The maximum Gasteiger partial charge on any atom is 0.269 e. The lowest BCUT2D eigenvalue weighted by atomic mass is 10.1. The Hall–Kier alpha value is -2.25. The van der Waals surface area contributed by atoms with Gasteiger partial charge < -0.3 is 0 Å². The van der Waals surface area contributed by atoms with Crippen LogP contribution in [0.4, 0.5) is 5.69 Å². The lowest BCUT2D eigenvalue weighted by molar-refractivity contribution is -0.384. The van der Waals surface area contributed by atoms with Gasteiger partial charge in [-0.3, -0.25) is 15.0 Å². The first-order valence-corrected chi connectivity index (χ1v) is 9.97. The minimum absolute atomic E-state index is 0.0274. The van der Waals surface area contributed by atoms with Crippen molar-refractivity contribution >= 4 is 15.5 Å². The molecule has 0 aliphatic carbocycles. The lowest BCUT2D eigenvalue weighted by Gasteiger charge is -2.28. The molecule has 1 atom stereocenters. The van der Waals surface area contributed by atoms with E-state index in [1.54, 1.807) is 12.1 Å². The molecule has 0 N–H and O–H groups in total. The van der Waals surface area contributed by atoms with Gasteiger partial charge >= 0.3 is 0 Å². The molecular formula is C18H20N2O4S. The van der Waals surface area contributed by atoms with E-state index in [1.807, 2.05) is 30.3 Å². The molecule has 2 aromatic carbocycles. The Morgan fingerprint density at radius 1 is 1.00 bits per heavy atom. The normalized spacial score (nSPS) is 19.2. The van der Waals surface area contributed by atoms with Crippen LogP contribution in [0.1, 0.15) is 17.5 Å². The molecule has 0 aromatic heterocycles. The maximum atomic E-state index is 11.9. The van der Waals surface area contributed by atoms with Crippen LogP contribution in [0, 0.1) is 10.1 Å². The maximum absolute atomic E-state index is 11.9. The molecule has 1 saturated heterocycles. The van der Waals surface area contributed by atoms with Gasteiger partial charge in [0.25, 0.3) is 5.69 Å². The van der Waals surface area contributed by atoms with Gasteiger partial charge in [0.05, 0.1) is 16.4 Å². The molecule has 0 spiro atoms. The van der Waals surface area contributed by atoms with Gasteiger partial charge in [0, 0.05) is 31.3 Å². The number of nitro groups is 1. The number of rotatable bonds is 6. The van der Waals surface area contributed by atoms with Crippen molar-refractivity contribution in [3.63, 3.8) is 0 Å². The predicted octanol–water partition coefficient (Wildman–Crippen LogP) is 2.78. The van der Waals surface area contributed by atoms with Gasteiger partial charge in [-0.2, -0.15) is 0 Å². The number of hydrogen-bond acceptors (Lipinski definition) is 5. The van der Waals surface area contributed by atoms with E-state index in [4.69, 9.17) is 0 Å². The van der Waals surface area contributed by atoms with E-state index in [0.29, 0.717) is 19.5 Å². The van der Waals surface area contributed by atoms with E-state index >= 15 is 0 Å². The van der Waals surface area contributed by atoms with E-state index in [-0.39, 0.29) is 23.2 Å². The Morgan fingerprint density at radius 2 is 1.60 bits per heavy atom. The number of sulfone groups is 1. The third-order valence-electron chi connectivity index (χ3n) is 4.49. The zero-order chi connectivity index (χ0) is 17.9. The highest BCUT2D eigenvalue weighted by molar-refractivity contribution is 7.91. The minimum Gasteiger partial charge on any atom is -0.291 e. The average Bonchev–Trinajstić information content (AvgIpc) is 2.96. The van der Waals surface area contributed by atoms with Gasteiger partial charge in [0.1, 0.15) is 0 Å². The standard InChI is InChI=1S/C18H20N2O4S/c21-20(22)17-8-6-16(7-9-17)13-19(12-15-4-2-1-3-5-15)18-10-11-25(23,24)14-18/h1-9,18H,10-14H2/t18-/m1/s1. The van der Waals surface area contributed by atoms with E-state index < -0.39 is 14.8 Å². The van der Waals surface area contributed by atoms with Crippen molar-refractivity contribution in [2.24, 2.45) is 0 Å². The van der Waals surface area contributed by atoms with Crippen molar-refractivity contribution < 1.29 is 13.3 Å². The molecule has 0 bridgehead atoms. The SMILES string of the molecule is O=[N+]([O-])c1ccc(CN(Cc2ccccc2)[C@@H]2CCS(=O)(=O)C2)cc1. The number of benzene rings is 2. The van der Waals surface area contributed by atoms with E-state index in [1.165, 1.54) is 12.1 Å². The molecule has 2 aromatic rings. The fourth-order valence-corrected chi connectivity index (χ4v) is 4.91. The zero-order valence-corrected chi connectivity index (χ0v) is 14.6. The molecule has 0 unspecified atom stereocenters. The van der Waals surface area contributed by atoms with Crippen LogP contribution >= 0.6 is 0 Å². The van der Waals surface area contributed by atoms with Gasteiger partial charge in [0.2, 0.25) is 0 Å². The quantitative estimate of drug-likeness (QED) is 0.584. The van der Waals surface area contributed by atoms with Crippen molar-refractivity contribution in [2.75, 3.05) is 11.5 Å². The summed E-state index contributed by atoms with van der Waals surface area (Å²) in [6.07, 6.45) is 0.627. The van der Waals surface area contributed by atoms with Crippen molar-refractivity contribution in [3.8, 4) is 0 Å². The van der Waals surface area contributed by atoms with Crippen molar-refractivity contribution in [1.29, 1.82) is 0 Å². The first-order valence-electron chi connectivity index (χ1n) is 8.15. The molecule has 132 valence electrons. The summed E-state index contributed by atoms with van der Waals surface area (Å²) in [6, 6.07) is 16.3. The lowest BCUT2D eigenvalue weighted by Crippen LogP contribution is -2.35. The van der Waals surface area contributed by atoms with Crippen LogP contribution in [0.25, 0.3) is 0 Å². The fraction of sp³-hybridized carbons (Fsp3) is 0.333. The van der Waals surface area contributed by atoms with Crippen LogP contribution in [0.5, 0.6) is 0 Å². The van der Waals surface area contributed by atoms with Gasteiger partial charge in [-0.25, -0.2) is 8.42 Å². The molecule has 7 heteroatoms. The number of hydrogen-bond donors (Lipinski definition) is 0. The average molecular weight is 360 g/mol. The molecule has 1 aliphatic rings. The molecular weight excluding hydrogens is 340 g/mol. The number of nitro benzene ring substituents is 1. The topological polar surface area (TPSA) is 80.5 Å². The second-order valence-corrected chi connectivity index (χ2v) is 8.60. The number of nitrogens with zero attached hydrogens (tertiary/aromatic N) is 2. The second-order valence-electron chi connectivity index (χ2n) is 6.37. The summed E-state index contributed by atoms with van der Waals surface area (Å²) in [7, 11) is -2.97. The largest absolute Gasteiger partial charge is 0.291 e. The Balaban J connectivity index is 1.79. The fourth-order valence-electron chi connectivity index (χ4n) is 3.15. The first-order chi connectivity index (χ1) is 11.9. The summed E-state index contributed by atoms with van der Waals surface area (Å²) in [5.74, 6) is 0.399. The Kier molecular flexibility index (Phi) is 5.15. The van der Waals surface area contributed by atoms with E-state index in [0.717, 1.165) is 11.1 Å². The molecule has 25 heavy (non-hydrogen) atoms. The predicted molar refractivity (Wildman–Crippen MR) is 95.8 cm³/mol. The highest BCUT2D eigenvalue weighted by atomic mass is 32.2. The summed E-state index contributed by atoms with van der Waals surface area (Å²) in [4.78, 5) is 12.5. The van der Waals surface area contributed by atoms with Crippen LogP contribution in [0.3, 0.4) is 0 Å². The van der Waals surface area contributed by atoms with Gasteiger partial charge in [-0.1, -0.05) is 42.5 Å². The zero-order valence-electron chi connectivity index (χ0n) is 13.7. The van der Waals surface area contributed by atoms with Crippen LogP contribution in [-0.2, 0) is 22.9 Å². The third kappa shape index (κ3) is 4.64. The highest BCUT2D eigenvalue weighted by Crippen LogP contribution is 2.23. The van der Waals surface area contributed by atoms with Gasteiger partial charge in [-0.15, -0.1) is 0 Å². The van der Waals surface area contributed by atoms with Crippen molar-refractivity contribution in [1.82, 2.24) is 4.90 Å². The molecule has 0 amide bonds. The third-order valence-corrected chi connectivity index (χ3v) is 6.24. The van der Waals surface area contributed by atoms with Crippen LogP contribution in [0.2, 0.25) is 0 Å². The Morgan fingerprint density at radius 3 is 2.12 bits per heavy atom. The Bertz CT molecular complexity index is 835. The molecule has 1 heterocycles. The first kappa shape index (κ1) is 17.6. The summed E-state index contributed by atoms with van der Waals surface area (Å²) in [5, 5.41) is 10.8. The van der Waals surface area contributed by atoms with Crippen molar-refractivity contribution in [3.05, 3.63) is 75.8 Å². The van der Waals surface area contributed by atoms with E-state index in [2.05, 4.69) is 4.90 Å². The summed E-state index contributed by atoms with van der Waals surface area (Å²) >= 11 is 0. The smallest absolute Gasteiger partial charge is 0.269 e. The van der Waals surface area contributed by atoms with Crippen LogP contribution in [-0.4, -0.2) is 35.8 Å². The van der Waals surface area contributed by atoms with Gasteiger partial charge in [-0.05, 0) is 17.5 Å². The summed E-state index contributed by atoms with van der Waals surface area (Å²) in [5.41, 5.74) is 2.11. The highest BCUT2D eigenvalue weighted by Gasteiger charge is 2.32. The molecule has 0 radical (unpaired) electrons. The van der Waals surface area contributed by atoms with Crippen LogP contribution < -0.4 is 0 Å². The number of non-ortho nitro benzene ring substituents is 1. The van der Waals surface area contributed by atoms with Gasteiger partial charge in [0.15, 0.2) is 9.84 Å². The molecule has 3 rings (SSSR count). The molecule has 6 nitrogen and oxygen atoms in total. The summed E-state index contributed by atoms with van der Waals surface area (Å²) in [6.45, 7) is 1.21. The van der Waals surface area contributed by atoms with E-state index in [9.17, 15) is 18.5 Å². The second kappa shape index (κ2) is 7.33.